The molecule has 112 valence electrons. The summed E-state index contributed by atoms with van der Waals surface area (Å²) in [6.45, 7) is 8.53. The fraction of sp³-hybridized carbons (Fsp3) is 1.00. The summed E-state index contributed by atoms with van der Waals surface area (Å²) < 4.78 is 0. The van der Waals surface area contributed by atoms with E-state index in [1.165, 1.54) is 70.3 Å². The number of hydrogen-bond acceptors (Lipinski definition) is 3. The Morgan fingerprint density at radius 1 is 1.05 bits per heavy atom. The Labute approximate surface area is 124 Å². The van der Waals surface area contributed by atoms with Crippen LogP contribution < -0.4 is 5.32 Å². The number of rotatable bonds is 6. The fourth-order valence-corrected chi connectivity index (χ4v) is 4.90. The molecule has 0 amide bonds. The van der Waals surface area contributed by atoms with Gasteiger partial charge in [-0.3, -0.25) is 0 Å². The van der Waals surface area contributed by atoms with Crippen molar-refractivity contribution >= 4 is 11.8 Å². The molecule has 0 aromatic rings. The Kier molecular flexibility index (Phi) is 7.03. The first kappa shape index (κ1) is 15.7. The summed E-state index contributed by atoms with van der Waals surface area (Å²) in [6.07, 6.45) is 9.72. The van der Waals surface area contributed by atoms with E-state index in [0.29, 0.717) is 0 Å². The molecule has 3 unspecified atom stereocenters. The smallest absolute Gasteiger partial charge is 0.0201 e. The molecule has 1 saturated heterocycles. The molecule has 0 aromatic heterocycles. The van der Waals surface area contributed by atoms with Crippen molar-refractivity contribution in [1.82, 2.24) is 10.2 Å². The topological polar surface area (TPSA) is 15.3 Å². The molecule has 3 heteroatoms. The predicted molar refractivity (Wildman–Crippen MR) is 87.1 cm³/mol. The van der Waals surface area contributed by atoms with Crippen LogP contribution in [0.1, 0.15) is 58.8 Å². The molecule has 2 nitrogen and oxygen atoms in total. The average molecular weight is 285 g/mol. The number of thioether (sulfide) groups is 1. The van der Waals surface area contributed by atoms with Gasteiger partial charge in [0.05, 0.1) is 0 Å². The highest BCUT2D eigenvalue weighted by Crippen LogP contribution is 2.30. The molecule has 2 aliphatic rings. The zero-order valence-electron chi connectivity index (χ0n) is 12.9. The molecule has 1 heterocycles. The van der Waals surface area contributed by atoms with Crippen molar-refractivity contribution in [1.29, 1.82) is 0 Å². The molecule has 19 heavy (non-hydrogen) atoms. The summed E-state index contributed by atoms with van der Waals surface area (Å²) >= 11 is 2.18. The van der Waals surface area contributed by atoms with Gasteiger partial charge in [0.15, 0.2) is 0 Å². The Morgan fingerprint density at radius 2 is 1.95 bits per heavy atom. The quantitative estimate of drug-likeness (QED) is 0.803. The van der Waals surface area contributed by atoms with Crippen LogP contribution in [0.3, 0.4) is 0 Å². The maximum Gasteiger partial charge on any atom is 0.0201 e. The first-order valence-electron chi connectivity index (χ1n) is 8.43. The van der Waals surface area contributed by atoms with Gasteiger partial charge < -0.3 is 10.2 Å². The minimum absolute atomic E-state index is 0.782. The summed E-state index contributed by atoms with van der Waals surface area (Å²) in [7, 11) is 0. The molecule has 3 atom stereocenters. The molecule has 1 aliphatic carbocycles. The van der Waals surface area contributed by atoms with Crippen molar-refractivity contribution in [2.75, 3.05) is 25.4 Å². The van der Waals surface area contributed by atoms with Crippen LogP contribution in [-0.2, 0) is 0 Å². The highest BCUT2D eigenvalue weighted by atomic mass is 32.2. The van der Waals surface area contributed by atoms with Crippen molar-refractivity contribution in [2.24, 2.45) is 0 Å². The van der Waals surface area contributed by atoms with Crippen molar-refractivity contribution in [3.63, 3.8) is 0 Å². The lowest BCUT2D eigenvalue weighted by Crippen LogP contribution is -2.42. The van der Waals surface area contributed by atoms with Gasteiger partial charge in [-0.05, 0) is 63.9 Å². The van der Waals surface area contributed by atoms with Gasteiger partial charge in [-0.1, -0.05) is 20.3 Å². The van der Waals surface area contributed by atoms with Gasteiger partial charge in [0.2, 0.25) is 0 Å². The standard InChI is InChI=1S/C16H32N2S/c1-3-11-18-12-6-7-14(10-13-18)17-15-8-5-9-16(15)19-4-2/h14-17H,3-13H2,1-2H3. The number of nitrogens with one attached hydrogen (secondary N) is 1. The summed E-state index contributed by atoms with van der Waals surface area (Å²) in [5, 5.41) is 4.90. The van der Waals surface area contributed by atoms with E-state index in [1.807, 2.05) is 0 Å². The average Bonchev–Trinajstić information content (AvgIpc) is 2.70. The normalized spacial score (nSPS) is 33.5. The van der Waals surface area contributed by atoms with Gasteiger partial charge in [-0.25, -0.2) is 0 Å². The van der Waals surface area contributed by atoms with Gasteiger partial charge >= 0.3 is 0 Å². The molecular formula is C16H32N2S. The molecule has 1 N–H and O–H groups in total. The Bertz CT molecular complexity index is 247. The van der Waals surface area contributed by atoms with Crippen LogP contribution in [0, 0.1) is 0 Å². The molecule has 0 aromatic carbocycles. The Morgan fingerprint density at radius 3 is 2.74 bits per heavy atom. The lowest BCUT2D eigenvalue weighted by Gasteiger charge is -2.26. The van der Waals surface area contributed by atoms with Gasteiger partial charge in [-0.2, -0.15) is 11.8 Å². The monoisotopic (exact) mass is 284 g/mol. The highest BCUT2D eigenvalue weighted by Gasteiger charge is 2.29. The summed E-state index contributed by atoms with van der Waals surface area (Å²) in [4.78, 5) is 2.66. The van der Waals surface area contributed by atoms with E-state index < -0.39 is 0 Å². The van der Waals surface area contributed by atoms with Gasteiger partial charge in [0.1, 0.15) is 0 Å². The van der Waals surface area contributed by atoms with Crippen LogP contribution in [0.4, 0.5) is 0 Å². The predicted octanol–water partition coefficient (Wildman–Crippen LogP) is 3.51. The second kappa shape index (κ2) is 8.53. The second-order valence-corrected chi connectivity index (χ2v) is 7.68. The van der Waals surface area contributed by atoms with Crippen LogP contribution in [0.5, 0.6) is 0 Å². The minimum atomic E-state index is 0.782. The molecule has 0 spiro atoms. The summed E-state index contributed by atoms with van der Waals surface area (Å²) in [5.74, 6) is 1.28. The lowest BCUT2D eigenvalue weighted by molar-refractivity contribution is 0.281. The third-order valence-electron chi connectivity index (χ3n) is 4.64. The van der Waals surface area contributed by atoms with E-state index in [1.54, 1.807) is 0 Å². The highest BCUT2D eigenvalue weighted by molar-refractivity contribution is 7.99. The van der Waals surface area contributed by atoms with Crippen LogP contribution in [0.25, 0.3) is 0 Å². The zero-order valence-corrected chi connectivity index (χ0v) is 13.7. The van der Waals surface area contributed by atoms with Crippen LogP contribution in [0.15, 0.2) is 0 Å². The molecule has 0 bridgehead atoms. The van der Waals surface area contributed by atoms with E-state index in [0.717, 1.165) is 17.3 Å². The van der Waals surface area contributed by atoms with Crippen LogP contribution >= 0.6 is 11.8 Å². The number of hydrogen-bond donors (Lipinski definition) is 1. The molecular weight excluding hydrogens is 252 g/mol. The minimum Gasteiger partial charge on any atom is -0.310 e. The first-order valence-corrected chi connectivity index (χ1v) is 9.48. The second-order valence-electron chi connectivity index (χ2n) is 6.17. The lowest BCUT2D eigenvalue weighted by atomic mass is 10.1. The van der Waals surface area contributed by atoms with E-state index in [-0.39, 0.29) is 0 Å². The maximum atomic E-state index is 4.01. The SMILES string of the molecule is CCCN1CCCC(NC2CCCC2SCC)CC1. The van der Waals surface area contributed by atoms with Crippen molar-refractivity contribution < 1.29 is 0 Å². The molecule has 1 aliphatic heterocycles. The third kappa shape index (κ3) is 4.95. The van der Waals surface area contributed by atoms with E-state index in [2.05, 4.69) is 35.8 Å². The molecule has 1 saturated carbocycles. The van der Waals surface area contributed by atoms with Crippen molar-refractivity contribution in [3.05, 3.63) is 0 Å². The molecule has 0 radical (unpaired) electrons. The van der Waals surface area contributed by atoms with Crippen LogP contribution in [-0.4, -0.2) is 47.6 Å². The maximum absolute atomic E-state index is 4.01. The van der Waals surface area contributed by atoms with E-state index in [4.69, 9.17) is 0 Å². The number of likely N-dealkylation sites (tertiary alicyclic amines) is 1. The Balaban J connectivity index is 1.76. The van der Waals surface area contributed by atoms with E-state index >= 15 is 0 Å². The van der Waals surface area contributed by atoms with Crippen LogP contribution in [0.2, 0.25) is 0 Å². The van der Waals surface area contributed by atoms with Gasteiger partial charge in [0.25, 0.3) is 0 Å². The van der Waals surface area contributed by atoms with Gasteiger partial charge in [-0.15, -0.1) is 0 Å². The summed E-state index contributed by atoms with van der Waals surface area (Å²) in [5.41, 5.74) is 0. The zero-order chi connectivity index (χ0) is 13.5. The first-order chi connectivity index (χ1) is 9.33. The summed E-state index contributed by atoms with van der Waals surface area (Å²) in [6, 6.07) is 1.58. The van der Waals surface area contributed by atoms with Gasteiger partial charge in [0, 0.05) is 17.3 Å². The largest absolute Gasteiger partial charge is 0.310 e. The van der Waals surface area contributed by atoms with E-state index in [9.17, 15) is 0 Å². The number of nitrogens with zero attached hydrogens (tertiary/aromatic N) is 1. The third-order valence-corrected chi connectivity index (χ3v) is 5.97. The molecule has 2 fully saturated rings. The van der Waals surface area contributed by atoms with Crippen molar-refractivity contribution in [2.45, 2.75) is 76.1 Å². The van der Waals surface area contributed by atoms with Crippen molar-refractivity contribution in [3.8, 4) is 0 Å². The molecule has 2 rings (SSSR count). The fourth-order valence-electron chi connectivity index (χ4n) is 3.70. The Hall–Kier alpha value is 0.270.